The summed E-state index contributed by atoms with van der Waals surface area (Å²) in [5.41, 5.74) is 0.230. The summed E-state index contributed by atoms with van der Waals surface area (Å²) in [4.78, 5) is -0.0918. The van der Waals surface area contributed by atoms with Crippen molar-refractivity contribution in [3.8, 4) is 0 Å². The molecule has 2 aromatic rings. The van der Waals surface area contributed by atoms with Crippen LogP contribution in [-0.2, 0) is 20.0 Å². The van der Waals surface area contributed by atoms with E-state index in [4.69, 9.17) is 11.6 Å². The monoisotopic (exact) mass is 360 g/mol. The Bertz CT molecular complexity index is 896. The van der Waals surface area contributed by atoms with Crippen LogP contribution in [0.3, 0.4) is 0 Å². The number of halogens is 1. The molecule has 118 valence electrons. The summed E-state index contributed by atoms with van der Waals surface area (Å²) in [6, 6.07) is 12.0. The van der Waals surface area contributed by atoms with Crippen molar-refractivity contribution in [1.29, 1.82) is 0 Å². The lowest BCUT2D eigenvalue weighted by Crippen LogP contribution is -2.16. The van der Waals surface area contributed by atoms with E-state index >= 15 is 0 Å². The lowest BCUT2D eigenvalue weighted by molar-refractivity contribution is 0.600. The number of hydrogen-bond acceptors (Lipinski definition) is 4. The molecule has 2 aromatic carbocycles. The second-order valence-corrected chi connectivity index (χ2v) is 8.26. The molecule has 0 radical (unpaired) electrons. The van der Waals surface area contributed by atoms with E-state index in [0.717, 1.165) is 6.26 Å². The van der Waals surface area contributed by atoms with Crippen LogP contribution in [0.5, 0.6) is 0 Å². The van der Waals surface area contributed by atoms with Gasteiger partial charge in [-0.25, -0.2) is 16.8 Å². The van der Waals surface area contributed by atoms with Gasteiger partial charge in [-0.2, -0.15) is 0 Å². The molecule has 0 spiro atoms. The standard InChI is InChI=1S/C13H13ClN2O4S2/c1-21(17,18)15-11-7-3-4-8-12(11)16-22(19,20)13-9-5-2-6-10(13)14/h2-9,15-16H,1H3. The Kier molecular flexibility index (Phi) is 4.64. The molecule has 2 N–H and O–H groups in total. The van der Waals surface area contributed by atoms with Gasteiger partial charge in [-0.3, -0.25) is 9.44 Å². The molecule has 0 aliphatic carbocycles. The smallest absolute Gasteiger partial charge is 0.263 e. The first-order chi connectivity index (χ1) is 10.2. The Hall–Kier alpha value is -1.77. The minimum absolute atomic E-state index is 0.0727. The van der Waals surface area contributed by atoms with Crippen LogP contribution in [0, 0.1) is 0 Å². The molecule has 0 bridgehead atoms. The van der Waals surface area contributed by atoms with Crippen molar-refractivity contribution in [2.45, 2.75) is 4.90 Å². The van der Waals surface area contributed by atoms with Crippen molar-refractivity contribution in [3.05, 3.63) is 53.6 Å². The van der Waals surface area contributed by atoms with E-state index in [0.29, 0.717) is 0 Å². The number of nitrogens with one attached hydrogen (secondary N) is 2. The fraction of sp³-hybridized carbons (Fsp3) is 0.0769. The highest BCUT2D eigenvalue weighted by atomic mass is 35.5. The maximum absolute atomic E-state index is 12.4. The van der Waals surface area contributed by atoms with Crippen LogP contribution in [0.15, 0.2) is 53.4 Å². The SMILES string of the molecule is CS(=O)(=O)Nc1ccccc1NS(=O)(=O)c1ccccc1Cl. The maximum Gasteiger partial charge on any atom is 0.263 e. The third kappa shape index (κ3) is 4.12. The number of anilines is 2. The normalized spacial score (nSPS) is 11.9. The molecule has 0 fully saturated rings. The molecule has 0 saturated heterocycles. The summed E-state index contributed by atoms with van der Waals surface area (Å²) in [6.45, 7) is 0. The summed E-state index contributed by atoms with van der Waals surface area (Å²) in [6.07, 6.45) is 0.979. The summed E-state index contributed by atoms with van der Waals surface area (Å²) in [7, 11) is -7.48. The maximum atomic E-state index is 12.4. The lowest BCUT2D eigenvalue weighted by Gasteiger charge is -2.13. The van der Waals surface area contributed by atoms with Gasteiger partial charge in [-0.15, -0.1) is 0 Å². The molecule has 0 atom stereocenters. The van der Waals surface area contributed by atoms with Gasteiger partial charge < -0.3 is 0 Å². The van der Waals surface area contributed by atoms with Gasteiger partial charge in [0, 0.05) is 0 Å². The van der Waals surface area contributed by atoms with Gasteiger partial charge >= 0.3 is 0 Å². The Morgan fingerprint density at radius 1 is 0.818 bits per heavy atom. The van der Waals surface area contributed by atoms with Crippen LogP contribution in [0.1, 0.15) is 0 Å². The minimum atomic E-state index is -3.94. The zero-order valence-corrected chi connectivity index (χ0v) is 13.8. The zero-order valence-electron chi connectivity index (χ0n) is 11.4. The highest BCUT2D eigenvalue weighted by Gasteiger charge is 2.19. The van der Waals surface area contributed by atoms with Gasteiger partial charge in [0.25, 0.3) is 10.0 Å². The van der Waals surface area contributed by atoms with E-state index in [1.807, 2.05) is 0 Å². The molecular weight excluding hydrogens is 348 g/mol. The van der Waals surface area contributed by atoms with E-state index in [-0.39, 0.29) is 21.3 Å². The first kappa shape index (κ1) is 16.6. The lowest BCUT2D eigenvalue weighted by atomic mass is 10.3. The number of sulfonamides is 2. The largest absolute Gasteiger partial charge is 0.282 e. The van der Waals surface area contributed by atoms with Crippen molar-refractivity contribution in [3.63, 3.8) is 0 Å². The molecular formula is C13H13ClN2O4S2. The molecule has 0 aliphatic rings. The van der Waals surface area contributed by atoms with Gasteiger partial charge in [-0.05, 0) is 24.3 Å². The highest BCUT2D eigenvalue weighted by molar-refractivity contribution is 7.93. The Balaban J connectivity index is 2.41. The van der Waals surface area contributed by atoms with E-state index in [1.54, 1.807) is 24.3 Å². The average molecular weight is 361 g/mol. The predicted octanol–water partition coefficient (Wildman–Crippen LogP) is 2.51. The summed E-state index contributed by atoms with van der Waals surface area (Å²) >= 11 is 5.89. The Morgan fingerprint density at radius 2 is 1.32 bits per heavy atom. The van der Waals surface area contributed by atoms with Crippen molar-refractivity contribution in [1.82, 2.24) is 0 Å². The van der Waals surface area contributed by atoms with Crippen LogP contribution in [0.4, 0.5) is 11.4 Å². The second-order valence-electron chi connectivity index (χ2n) is 4.46. The first-order valence-corrected chi connectivity index (χ1v) is 9.78. The quantitative estimate of drug-likeness (QED) is 0.856. The van der Waals surface area contributed by atoms with E-state index in [9.17, 15) is 16.8 Å². The van der Waals surface area contributed by atoms with Gasteiger partial charge in [0.05, 0.1) is 22.7 Å². The molecule has 0 unspecified atom stereocenters. The molecule has 22 heavy (non-hydrogen) atoms. The average Bonchev–Trinajstić information content (AvgIpc) is 2.39. The number of para-hydroxylation sites is 2. The topological polar surface area (TPSA) is 92.3 Å². The number of hydrogen-bond donors (Lipinski definition) is 2. The van der Waals surface area contributed by atoms with Crippen molar-refractivity contribution < 1.29 is 16.8 Å². The fourth-order valence-electron chi connectivity index (χ4n) is 1.72. The molecule has 0 aliphatic heterocycles. The second kappa shape index (κ2) is 6.15. The molecule has 6 nitrogen and oxygen atoms in total. The highest BCUT2D eigenvalue weighted by Crippen LogP contribution is 2.27. The number of rotatable bonds is 5. The molecule has 0 heterocycles. The fourth-order valence-corrected chi connectivity index (χ4v) is 3.90. The first-order valence-electron chi connectivity index (χ1n) is 6.03. The zero-order chi connectivity index (χ0) is 16.4. The van der Waals surface area contributed by atoms with Gasteiger partial charge in [0.15, 0.2) is 0 Å². The van der Waals surface area contributed by atoms with Crippen molar-refractivity contribution >= 4 is 43.0 Å². The summed E-state index contributed by atoms with van der Waals surface area (Å²) < 4.78 is 52.0. The summed E-state index contributed by atoms with van der Waals surface area (Å²) in [5, 5.41) is 0.0727. The Morgan fingerprint density at radius 3 is 1.86 bits per heavy atom. The third-order valence-electron chi connectivity index (χ3n) is 2.59. The van der Waals surface area contributed by atoms with Gasteiger partial charge in [-0.1, -0.05) is 35.9 Å². The Labute approximate surface area is 134 Å². The van der Waals surface area contributed by atoms with Crippen LogP contribution >= 0.6 is 11.6 Å². The molecule has 0 amide bonds. The van der Waals surface area contributed by atoms with Crippen LogP contribution < -0.4 is 9.44 Å². The van der Waals surface area contributed by atoms with Crippen LogP contribution in [-0.4, -0.2) is 23.1 Å². The predicted molar refractivity (Wildman–Crippen MR) is 87.2 cm³/mol. The van der Waals surface area contributed by atoms with Crippen molar-refractivity contribution in [2.75, 3.05) is 15.7 Å². The van der Waals surface area contributed by atoms with Crippen LogP contribution in [0.25, 0.3) is 0 Å². The summed E-state index contributed by atoms with van der Waals surface area (Å²) in [5.74, 6) is 0. The van der Waals surface area contributed by atoms with Gasteiger partial charge in [0.2, 0.25) is 10.0 Å². The number of benzene rings is 2. The van der Waals surface area contributed by atoms with Gasteiger partial charge in [0.1, 0.15) is 4.90 Å². The molecule has 9 heteroatoms. The minimum Gasteiger partial charge on any atom is -0.282 e. The van der Waals surface area contributed by atoms with E-state index < -0.39 is 20.0 Å². The van der Waals surface area contributed by atoms with Crippen molar-refractivity contribution in [2.24, 2.45) is 0 Å². The van der Waals surface area contributed by atoms with E-state index in [2.05, 4.69) is 9.44 Å². The third-order valence-corrected chi connectivity index (χ3v) is 5.05. The van der Waals surface area contributed by atoms with E-state index in [1.165, 1.54) is 24.3 Å². The van der Waals surface area contributed by atoms with Crippen LogP contribution in [0.2, 0.25) is 5.02 Å². The molecule has 0 aromatic heterocycles. The molecule has 0 saturated carbocycles. The molecule has 2 rings (SSSR count).